The molecular weight excluding hydrogens is 431 g/mol. The Morgan fingerprint density at radius 2 is 1.97 bits per heavy atom. The minimum absolute atomic E-state index is 0.0994. The molecular formula is C26H25FN6O. The molecule has 1 aromatic carbocycles. The highest BCUT2D eigenvalue weighted by Gasteiger charge is 2.46. The first-order valence-corrected chi connectivity index (χ1v) is 11.7. The summed E-state index contributed by atoms with van der Waals surface area (Å²) in [5, 5.41) is 3.48. The van der Waals surface area contributed by atoms with Gasteiger partial charge in [0.2, 0.25) is 5.91 Å². The van der Waals surface area contributed by atoms with Gasteiger partial charge in [-0.2, -0.15) is 0 Å². The minimum atomic E-state index is -0.349. The zero-order valence-electron chi connectivity index (χ0n) is 18.6. The van der Waals surface area contributed by atoms with Crippen LogP contribution in [0.1, 0.15) is 30.7 Å². The normalized spacial score (nSPS) is 22.0. The van der Waals surface area contributed by atoms with Crippen molar-refractivity contribution in [2.24, 2.45) is 5.92 Å². The third kappa shape index (κ3) is 4.00. The van der Waals surface area contributed by atoms with Gasteiger partial charge in [0.15, 0.2) is 5.82 Å². The summed E-state index contributed by atoms with van der Waals surface area (Å²) in [7, 11) is 0. The molecule has 1 saturated heterocycles. The van der Waals surface area contributed by atoms with Crippen molar-refractivity contribution in [3.63, 3.8) is 0 Å². The summed E-state index contributed by atoms with van der Waals surface area (Å²) in [5.41, 5.74) is 2.52. The van der Waals surface area contributed by atoms with E-state index in [-0.39, 0.29) is 23.7 Å². The van der Waals surface area contributed by atoms with Crippen LogP contribution < -0.4 is 5.32 Å². The van der Waals surface area contributed by atoms with Crippen LogP contribution in [0, 0.1) is 11.7 Å². The molecule has 1 N–H and O–H groups in total. The Morgan fingerprint density at radius 1 is 1.09 bits per heavy atom. The van der Waals surface area contributed by atoms with Crippen molar-refractivity contribution < 1.29 is 9.18 Å². The molecule has 1 unspecified atom stereocenters. The number of hydrogen-bond acceptors (Lipinski definition) is 5. The zero-order valence-corrected chi connectivity index (χ0v) is 18.6. The summed E-state index contributed by atoms with van der Waals surface area (Å²) < 4.78 is 15.4. The molecule has 3 atom stereocenters. The number of rotatable bonds is 5. The lowest BCUT2D eigenvalue weighted by Gasteiger charge is -2.33. The van der Waals surface area contributed by atoms with Gasteiger partial charge in [-0.1, -0.05) is 30.3 Å². The molecule has 1 amide bonds. The lowest BCUT2D eigenvalue weighted by molar-refractivity contribution is -0.133. The number of nitrogens with one attached hydrogen (secondary N) is 1. The Kier molecular flexibility index (Phi) is 5.20. The van der Waals surface area contributed by atoms with Gasteiger partial charge in [0.05, 0.1) is 6.20 Å². The molecule has 7 nitrogen and oxygen atoms in total. The van der Waals surface area contributed by atoms with Crippen LogP contribution in [0.25, 0.3) is 17.2 Å². The van der Waals surface area contributed by atoms with Gasteiger partial charge in [-0.15, -0.1) is 0 Å². The molecule has 8 heteroatoms. The quantitative estimate of drug-likeness (QED) is 0.489. The van der Waals surface area contributed by atoms with Gasteiger partial charge in [0.1, 0.15) is 23.0 Å². The number of amides is 1. The number of anilines is 1. The number of likely N-dealkylation sites (tertiary alicyclic amines) is 1. The maximum Gasteiger partial charge on any atom is 0.226 e. The van der Waals surface area contributed by atoms with E-state index >= 15 is 0 Å². The van der Waals surface area contributed by atoms with Crippen molar-refractivity contribution in [1.29, 1.82) is 0 Å². The monoisotopic (exact) mass is 456 g/mol. The number of halogens is 1. The van der Waals surface area contributed by atoms with Crippen molar-refractivity contribution >= 4 is 17.4 Å². The molecule has 1 saturated carbocycles. The van der Waals surface area contributed by atoms with Crippen LogP contribution in [0.4, 0.5) is 10.2 Å². The summed E-state index contributed by atoms with van der Waals surface area (Å²) >= 11 is 0. The zero-order chi connectivity index (χ0) is 23.1. The molecule has 2 aliphatic rings. The fraction of sp³-hybridized carbons (Fsp3) is 0.308. The number of carbonyl (C=O) groups excluding carboxylic acids is 1. The van der Waals surface area contributed by atoms with Crippen LogP contribution in [0.15, 0.2) is 67.1 Å². The maximum absolute atomic E-state index is 13.7. The Morgan fingerprint density at radius 3 is 2.85 bits per heavy atom. The number of aromatic nitrogens is 4. The predicted molar refractivity (Wildman–Crippen MR) is 127 cm³/mol. The summed E-state index contributed by atoms with van der Waals surface area (Å²) in [4.78, 5) is 28.5. The van der Waals surface area contributed by atoms with E-state index in [0.29, 0.717) is 35.4 Å². The van der Waals surface area contributed by atoms with Crippen LogP contribution in [0.5, 0.6) is 0 Å². The smallest absolute Gasteiger partial charge is 0.226 e. The molecule has 4 aromatic rings. The summed E-state index contributed by atoms with van der Waals surface area (Å²) in [6, 6.07) is 15.3. The fourth-order valence-electron chi connectivity index (χ4n) is 4.96. The number of carbonyl (C=O) groups is 1. The highest BCUT2D eigenvalue weighted by molar-refractivity contribution is 5.83. The number of nitrogens with zero attached hydrogens (tertiary/aromatic N) is 5. The molecule has 4 heterocycles. The largest absolute Gasteiger partial charge is 0.365 e. The molecule has 0 spiro atoms. The molecule has 34 heavy (non-hydrogen) atoms. The number of piperidine rings is 1. The minimum Gasteiger partial charge on any atom is -0.365 e. The second-order valence-electron chi connectivity index (χ2n) is 9.11. The van der Waals surface area contributed by atoms with Crippen LogP contribution in [-0.2, 0) is 4.79 Å². The van der Waals surface area contributed by atoms with Crippen LogP contribution in [0.3, 0.4) is 0 Å². The molecule has 2 fully saturated rings. The van der Waals surface area contributed by atoms with Gasteiger partial charge in [-0.3, -0.25) is 9.20 Å². The lowest BCUT2D eigenvalue weighted by Crippen LogP contribution is -2.46. The average Bonchev–Trinajstić information content (AvgIpc) is 3.57. The first kappa shape index (κ1) is 20.8. The van der Waals surface area contributed by atoms with E-state index in [1.165, 1.54) is 17.8 Å². The third-order valence-electron chi connectivity index (χ3n) is 6.77. The van der Waals surface area contributed by atoms with E-state index in [9.17, 15) is 9.18 Å². The summed E-state index contributed by atoms with van der Waals surface area (Å²) in [6.07, 6.45) is 7.57. The van der Waals surface area contributed by atoms with E-state index in [4.69, 9.17) is 0 Å². The Balaban J connectivity index is 1.14. The van der Waals surface area contributed by atoms with E-state index in [2.05, 4.69) is 32.4 Å². The number of hydrogen-bond donors (Lipinski definition) is 1. The second kappa shape index (κ2) is 8.52. The van der Waals surface area contributed by atoms with Crippen molar-refractivity contribution in [3.8, 4) is 11.5 Å². The molecule has 0 radical (unpaired) electrons. The maximum atomic E-state index is 13.7. The SMILES string of the molecule is O=C([C@H]1C[C@H]1c1ccccc1)N1CCCC(Nc2ccnc(-c3cnc4ccc(F)cn34)n2)C1. The Hall–Kier alpha value is -3.81. The van der Waals surface area contributed by atoms with Crippen molar-refractivity contribution in [2.75, 3.05) is 18.4 Å². The first-order chi connectivity index (χ1) is 16.7. The van der Waals surface area contributed by atoms with E-state index in [1.807, 2.05) is 29.2 Å². The summed E-state index contributed by atoms with van der Waals surface area (Å²) in [5.74, 6) is 1.51. The first-order valence-electron chi connectivity index (χ1n) is 11.7. The predicted octanol–water partition coefficient (Wildman–Crippen LogP) is 4.14. The standard InChI is InChI=1S/C26H25FN6O/c27-18-8-9-24-29-14-22(33(24)15-18)25-28-11-10-23(31-25)30-19-7-4-12-32(16-19)26(34)21-13-20(21)17-5-2-1-3-6-17/h1-3,5-6,8-11,14-15,19-21H,4,7,12-13,16H2,(H,28,30,31)/t19?,20-,21-/m0/s1. The molecule has 0 bridgehead atoms. The van der Waals surface area contributed by atoms with Crippen molar-refractivity contribution in [3.05, 3.63) is 78.5 Å². The molecule has 3 aromatic heterocycles. The van der Waals surface area contributed by atoms with Gasteiger partial charge in [0.25, 0.3) is 0 Å². The lowest BCUT2D eigenvalue weighted by atomic mass is 10.0. The average molecular weight is 457 g/mol. The number of pyridine rings is 1. The fourth-order valence-corrected chi connectivity index (χ4v) is 4.96. The number of imidazole rings is 1. The van der Waals surface area contributed by atoms with E-state index in [0.717, 1.165) is 25.8 Å². The van der Waals surface area contributed by atoms with Gasteiger partial charge in [-0.05, 0) is 48.9 Å². The number of benzene rings is 1. The van der Waals surface area contributed by atoms with Gasteiger partial charge >= 0.3 is 0 Å². The third-order valence-corrected chi connectivity index (χ3v) is 6.77. The summed E-state index contributed by atoms with van der Waals surface area (Å²) in [6.45, 7) is 1.47. The molecule has 1 aliphatic carbocycles. The number of fused-ring (bicyclic) bond motifs is 1. The molecule has 6 rings (SSSR count). The van der Waals surface area contributed by atoms with Crippen LogP contribution in [-0.4, -0.2) is 49.3 Å². The van der Waals surface area contributed by atoms with E-state index < -0.39 is 0 Å². The van der Waals surface area contributed by atoms with Crippen molar-refractivity contribution in [1.82, 2.24) is 24.3 Å². The van der Waals surface area contributed by atoms with Crippen molar-refractivity contribution in [2.45, 2.75) is 31.2 Å². The molecule has 172 valence electrons. The Bertz CT molecular complexity index is 1340. The second-order valence-corrected chi connectivity index (χ2v) is 9.11. The van der Waals surface area contributed by atoms with Crippen LogP contribution >= 0.6 is 0 Å². The van der Waals surface area contributed by atoms with Crippen LogP contribution in [0.2, 0.25) is 0 Å². The van der Waals surface area contributed by atoms with Gasteiger partial charge in [0, 0.05) is 37.4 Å². The topological polar surface area (TPSA) is 75.4 Å². The highest BCUT2D eigenvalue weighted by atomic mass is 19.1. The van der Waals surface area contributed by atoms with Gasteiger partial charge in [-0.25, -0.2) is 19.3 Å². The Labute approximate surface area is 196 Å². The highest BCUT2D eigenvalue weighted by Crippen LogP contribution is 2.48. The molecule has 1 aliphatic heterocycles. The van der Waals surface area contributed by atoms with Gasteiger partial charge < -0.3 is 10.2 Å². The van der Waals surface area contributed by atoms with E-state index in [1.54, 1.807) is 22.9 Å².